The number of unbranched alkanes of at least 4 members (excludes halogenated alkanes) is 18. The highest BCUT2D eigenvalue weighted by molar-refractivity contribution is 5.80. The average molecular weight is 636 g/mol. The molecule has 1 amide bonds. The van der Waals surface area contributed by atoms with Crippen molar-refractivity contribution in [2.24, 2.45) is 0 Å². The molecule has 0 aliphatic heterocycles. The molecule has 0 bridgehead atoms. The van der Waals surface area contributed by atoms with E-state index in [0.717, 1.165) is 32.1 Å². The molecule has 5 N–H and O–H groups in total. The molecule has 6 heteroatoms. The van der Waals surface area contributed by atoms with Crippen LogP contribution >= 0.6 is 0 Å². The zero-order chi connectivity index (χ0) is 33.2. The van der Waals surface area contributed by atoms with Crippen molar-refractivity contribution in [2.75, 3.05) is 6.61 Å². The Balaban J connectivity index is 3.84. The second-order valence-corrected chi connectivity index (χ2v) is 12.9. The third-order valence-corrected chi connectivity index (χ3v) is 8.56. The maximum absolute atomic E-state index is 12.3. The van der Waals surface area contributed by atoms with Gasteiger partial charge in [0.25, 0.3) is 0 Å². The van der Waals surface area contributed by atoms with Crippen LogP contribution in [0.1, 0.15) is 174 Å². The van der Waals surface area contributed by atoms with E-state index in [2.05, 4.69) is 49.5 Å². The molecule has 0 fully saturated rings. The van der Waals surface area contributed by atoms with Crippen LogP contribution in [0.25, 0.3) is 0 Å². The second kappa shape index (κ2) is 33.9. The van der Waals surface area contributed by atoms with Crippen LogP contribution in [0, 0.1) is 0 Å². The average Bonchev–Trinajstić information content (AvgIpc) is 3.04. The van der Waals surface area contributed by atoms with Crippen LogP contribution in [-0.4, -0.2) is 57.3 Å². The van der Waals surface area contributed by atoms with E-state index < -0.39 is 36.9 Å². The van der Waals surface area contributed by atoms with Gasteiger partial charge in [-0.3, -0.25) is 4.79 Å². The summed E-state index contributed by atoms with van der Waals surface area (Å²) in [5, 5.41) is 43.2. The Labute approximate surface area is 277 Å². The molecular weight excluding hydrogens is 562 g/mol. The molecule has 4 atom stereocenters. The number of hydrogen-bond acceptors (Lipinski definition) is 5. The van der Waals surface area contributed by atoms with Gasteiger partial charge in [0.05, 0.1) is 18.8 Å². The first kappa shape index (κ1) is 43.5. The van der Waals surface area contributed by atoms with Crippen molar-refractivity contribution >= 4 is 5.91 Å². The highest BCUT2D eigenvalue weighted by Crippen LogP contribution is 2.13. The predicted octanol–water partition coefficient (Wildman–Crippen LogP) is 9.01. The van der Waals surface area contributed by atoms with Crippen LogP contribution in [0.15, 0.2) is 36.5 Å². The van der Waals surface area contributed by atoms with Gasteiger partial charge in [-0.2, -0.15) is 0 Å². The molecule has 0 aliphatic carbocycles. The number of rotatable bonds is 33. The van der Waals surface area contributed by atoms with E-state index >= 15 is 0 Å². The Kier molecular flexibility index (Phi) is 32.8. The zero-order valence-electron chi connectivity index (χ0n) is 29.4. The Morgan fingerprint density at radius 1 is 0.533 bits per heavy atom. The van der Waals surface area contributed by atoms with Gasteiger partial charge < -0.3 is 25.7 Å². The SMILES string of the molecule is CCCCCC/C=C\CCC(O)C(=O)NC(CO)C(O)C(O)CCC/C=C/CC/C=C/CCCCCCCCCCCCCC. The summed E-state index contributed by atoms with van der Waals surface area (Å²) >= 11 is 0. The molecule has 0 saturated heterocycles. The Hall–Kier alpha value is -1.47. The lowest BCUT2D eigenvalue weighted by Gasteiger charge is -2.27. The number of carbonyl (C=O) groups excluding carboxylic acids is 1. The normalized spacial score (nSPS) is 14.9. The molecule has 0 heterocycles. The summed E-state index contributed by atoms with van der Waals surface area (Å²) in [6.45, 7) is 3.94. The first-order valence-corrected chi connectivity index (χ1v) is 18.9. The quantitative estimate of drug-likeness (QED) is 0.0365. The molecule has 0 aromatic heterocycles. The van der Waals surface area contributed by atoms with E-state index in [1.807, 2.05) is 6.08 Å². The van der Waals surface area contributed by atoms with Gasteiger partial charge in [0.2, 0.25) is 5.91 Å². The smallest absolute Gasteiger partial charge is 0.249 e. The molecule has 45 heavy (non-hydrogen) atoms. The van der Waals surface area contributed by atoms with Crippen LogP contribution in [-0.2, 0) is 4.79 Å². The third-order valence-electron chi connectivity index (χ3n) is 8.56. The third kappa shape index (κ3) is 28.5. The molecule has 6 nitrogen and oxygen atoms in total. The minimum Gasteiger partial charge on any atom is -0.394 e. The van der Waals surface area contributed by atoms with Crippen molar-refractivity contribution in [1.82, 2.24) is 5.32 Å². The number of aliphatic hydroxyl groups is 4. The maximum atomic E-state index is 12.3. The lowest BCUT2D eigenvalue weighted by Crippen LogP contribution is -2.53. The minimum absolute atomic E-state index is 0.273. The fourth-order valence-electron chi connectivity index (χ4n) is 5.48. The predicted molar refractivity (Wildman–Crippen MR) is 191 cm³/mol. The summed E-state index contributed by atoms with van der Waals surface area (Å²) < 4.78 is 0. The molecule has 4 unspecified atom stereocenters. The van der Waals surface area contributed by atoms with E-state index in [1.165, 1.54) is 103 Å². The number of carbonyl (C=O) groups is 1. The first-order valence-electron chi connectivity index (χ1n) is 18.9. The van der Waals surface area contributed by atoms with Gasteiger partial charge in [-0.25, -0.2) is 0 Å². The van der Waals surface area contributed by atoms with Gasteiger partial charge in [-0.05, 0) is 70.6 Å². The van der Waals surface area contributed by atoms with Crippen molar-refractivity contribution in [1.29, 1.82) is 0 Å². The summed E-state index contributed by atoms with van der Waals surface area (Å²) in [5.74, 6) is -0.636. The van der Waals surface area contributed by atoms with Crippen LogP contribution in [0.5, 0.6) is 0 Å². The van der Waals surface area contributed by atoms with Crippen LogP contribution in [0.3, 0.4) is 0 Å². The summed E-state index contributed by atoms with van der Waals surface area (Å²) in [6, 6.07) is -1.02. The van der Waals surface area contributed by atoms with Crippen molar-refractivity contribution in [3.05, 3.63) is 36.5 Å². The molecule has 264 valence electrons. The highest BCUT2D eigenvalue weighted by Gasteiger charge is 2.28. The van der Waals surface area contributed by atoms with Crippen LogP contribution < -0.4 is 5.32 Å². The van der Waals surface area contributed by atoms with Crippen LogP contribution in [0.4, 0.5) is 0 Å². The van der Waals surface area contributed by atoms with E-state index in [9.17, 15) is 25.2 Å². The fourth-order valence-corrected chi connectivity index (χ4v) is 5.48. The van der Waals surface area contributed by atoms with Gasteiger partial charge in [-0.15, -0.1) is 0 Å². The zero-order valence-corrected chi connectivity index (χ0v) is 29.4. The number of aliphatic hydroxyl groups excluding tert-OH is 4. The highest BCUT2D eigenvalue weighted by atomic mass is 16.3. The van der Waals surface area contributed by atoms with E-state index in [4.69, 9.17) is 0 Å². The van der Waals surface area contributed by atoms with E-state index in [1.54, 1.807) is 0 Å². The van der Waals surface area contributed by atoms with Crippen molar-refractivity contribution in [3.63, 3.8) is 0 Å². The van der Waals surface area contributed by atoms with Gasteiger partial charge in [0.15, 0.2) is 0 Å². The topological polar surface area (TPSA) is 110 Å². The summed E-state index contributed by atoms with van der Waals surface area (Å²) in [5.41, 5.74) is 0. The molecular formula is C39H73NO5. The largest absolute Gasteiger partial charge is 0.394 e. The lowest BCUT2D eigenvalue weighted by atomic mass is 10.0. The number of allylic oxidation sites excluding steroid dienone is 6. The molecule has 0 aromatic carbocycles. The Morgan fingerprint density at radius 3 is 1.42 bits per heavy atom. The molecule has 0 rings (SSSR count). The van der Waals surface area contributed by atoms with E-state index in [-0.39, 0.29) is 6.42 Å². The lowest BCUT2D eigenvalue weighted by molar-refractivity contribution is -0.132. The second-order valence-electron chi connectivity index (χ2n) is 12.9. The molecule has 0 saturated carbocycles. The minimum atomic E-state index is -1.30. The van der Waals surface area contributed by atoms with Crippen LogP contribution in [0.2, 0.25) is 0 Å². The summed E-state index contributed by atoms with van der Waals surface area (Å²) in [7, 11) is 0. The number of amides is 1. The van der Waals surface area contributed by atoms with Crippen molar-refractivity contribution in [3.8, 4) is 0 Å². The first-order chi connectivity index (χ1) is 22.0. The standard InChI is InChI=1S/C39H73NO5/c1-3-5-7-9-11-13-14-15-16-17-18-19-20-21-22-23-24-25-27-28-30-32-36(42)38(44)35(34-41)40-39(45)37(43)33-31-29-26-12-10-8-6-4-2/h21-22,25-27,29,35-38,41-44H,3-20,23-24,28,30-34H2,1-2H3,(H,40,45)/b22-21+,27-25+,29-26-. The van der Waals surface area contributed by atoms with Crippen molar-refractivity contribution < 1.29 is 25.2 Å². The molecule has 0 radical (unpaired) electrons. The number of nitrogens with one attached hydrogen (secondary N) is 1. The monoisotopic (exact) mass is 636 g/mol. The van der Waals surface area contributed by atoms with Crippen molar-refractivity contribution in [2.45, 2.75) is 199 Å². The van der Waals surface area contributed by atoms with Gasteiger partial charge in [0.1, 0.15) is 12.2 Å². The number of hydrogen-bond donors (Lipinski definition) is 5. The molecule has 0 aromatic rings. The summed E-state index contributed by atoms with van der Waals surface area (Å²) in [6.07, 6.45) is 37.7. The molecule has 0 aliphatic rings. The summed E-state index contributed by atoms with van der Waals surface area (Å²) in [4.78, 5) is 12.3. The van der Waals surface area contributed by atoms with Gasteiger partial charge in [0, 0.05) is 0 Å². The Morgan fingerprint density at radius 2 is 0.933 bits per heavy atom. The van der Waals surface area contributed by atoms with E-state index in [0.29, 0.717) is 19.3 Å². The fraction of sp³-hybridized carbons (Fsp3) is 0.821. The Bertz CT molecular complexity index is 722. The van der Waals surface area contributed by atoms with Gasteiger partial charge in [-0.1, -0.05) is 140 Å². The molecule has 0 spiro atoms. The maximum Gasteiger partial charge on any atom is 0.249 e. The van der Waals surface area contributed by atoms with Gasteiger partial charge >= 0.3 is 0 Å².